The van der Waals surface area contributed by atoms with E-state index in [0.29, 0.717) is 19.0 Å². The highest BCUT2D eigenvalue weighted by molar-refractivity contribution is 7.17. The first-order chi connectivity index (χ1) is 13.5. The van der Waals surface area contributed by atoms with Crippen molar-refractivity contribution >= 4 is 16.3 Å². The Morgan fingerprint density at radius 3 is 2.43 bits per heavy atom. The fourth-order valence-electron chi connectivity index (χ4n) is 4.21. The van der Waals surface area contributed by atoms with Crippen LogP contribution in [0.3, 0.4) is 0 Å². The highest BCUT2D eigenvalue weighted by Crippen LogP contribution is 2.42. The first-order valence-corrected chi connectivity index (χ1v) is 10.5. The maximum Gasteiger partial charge on any atom is 0.230 e. The van der Waals surface area contributed by atoms with E-state index in [9.17, 15) is 5.11 Å². The summed E-state index contributed by atoms with van der Waals surface area (Å²) < 4.78 is 13.3. The van der Waals surface area contributed by atoms with Gasteiger partial charge in [-0.2, -0.15) is 4.52 Å². The van der Waals surface area contributed by atoms with Crippen LogP contribution in [-0.2, 0) is 9.47 Å². The Balaban J connectivity index is 1.52. The number of aromatic nitrogens is 3. The Hall–Kier alpha value is -2.00. The number of hydrogen-bond acceptors (Lipinski definition) is 7. The predicted octanol–water partition coefficient (Wildman–Crippen LogP) is 3.04. The second-order valence-corrected chi connectivity index (χ2v) is 8.61. The summed E-state index contributed by atoms with van der Waals surface area (Å²) >= 11 is 1.50. The van der Waals surface area contributed by atoms with Crippen LogP contribution in [0, 0.1) is 13.8 Å². The number of aromatic hydroxyl groups is 1. The minimum atomic E-state index is -0.418. The number of thiazole rings is 1. The van der Waals surface area contributed by atoms with E-state index < -0.39 is 5.79 Å². The fraction of sp³-hybridized carbons (Fsp3) is 0.500. The molecule has 0 aliphatic carbocycles. The summed E-state index contributed by atoms with van der Waals surface area (Å²) in [6.07, 6.45) is 1.66. The molecule has 2 fully saturated rings. The SMILES string of the molecule is Cc1ccc([C@@H](c2sc3nc(C)nn3c2O)N2CCC3(CC2)OCCO3)cc1. The van der Waals surface area contributed by atoms with Crippen LogP contribution in [0.1, 0.15) is 40.7 Å². The molecule has 148 valence electrons. The summed E-state index contributed by atoms with van der Waals surface area (Å²) in [5.74, 6) is 0.425. The number of fused-ring (bicyclic) bond motifs is 1. The topological polar surface area (TPSA) is 72.1 Å². The van der Waals surface area contributed by atoms with Crippen LogP contribution >= 0.6 is 11.3 Å². The summed E-state index contributed by atoms with van der Waals surface area (Å²) in [6.45, 7) is 6.95. The van der Waals surface area contributed by atoms with E-state index >= 15 is 0 Å². The lowest BCUT2D eigenvalue weighted by molar-refractivity contribution is -0.187. The number of piperidine rings is 1. The molecule has 2 saturated heterocycles. The summed E-state index contributed by atoms with van der Waals surface area (Å²) in [5.41, 5.74) is 2.38. The average molecular weight is 401 g/mol. The molecule has 7 nitrogen and oxygen atoms in total. The number of rotatable bonds is 3. The first kappa shape index (κ1) is 18.1. The van der Waals surface area contributed by atoms with Gasteiger partial charge in [-0.15, -0.1) is 5.10 Å². The Labute approximate surface area is 167 Å². The second-order valence-electron chi connectivity index (χ2n) is 7.60. The number of ether oxygens (including phenoxy) is 2. The molecule has 2 aromatic heterocycles. The van der Waals surface area contributed by atoms with Gasteiger partial charge in [0.1, 0.15) is 5.82 Å². The molecule has 5 rings (SSSR count). The molecular weight excluding hydrogens is 376 g/mol. The van der Waals surface area contributed by atoms with E-state index in [2.05, 4.69) is 46.2 Å². The minimum absolute atomic E-state index is 0.0480. The molecule has 0 saturated carbocycles. The normalized spacial score (nSPS) is 20.9. The molecule has 28 heavy (non-hydrogen) atoms. The van der Waals surface area contributed by atoms with Gasteiger partial charge in [-0.3, -0.25) is 4.90 Å². The molecular formula is C20H24N4O3S. The van der Waals surface area contributed by atoms with E-state index in [1.165, 1.54) is 16.9 Å². The number of benzene rings is 1. The third-order valence-electron chi connectivity index (χ3n) is 5.69. The van der Waals surface area contributed by atoms with Gasteiger partial charge in [-0.25, -0.2) is 4.98 Å². The molecule has 8 heteroatoms. The smallest absolute Gasteiger partial charge is 0.230 e. The van der Waals surface area contributed by atoms with Crippen LogP contribution in [0.25, 0.3) is 4.96 Å². The Morgan fingerprint density at radius 1 is 1.11 bits per heavy atom. The fourth-order valence-corrected chi connectivity index (χ4v) is 5.37. The van der Waals surface area contributed by atoms with Gasteiger partial charge < -0.3 is 14.6 Å². The van der Waals surface area contributed by atoms with Crippen molar-refractivity contribution in [1.29, 1.82) is 0 Å². The maximum absolute atomic E-state index is 10.9. The van der Waals surface area contributed by atoms with E-state index in [4.69, 9.17) is 9.47 Å². The van der Waals surface area contributed by atoms with Gasteiger partial charge in [-0.1, -0.05) is 41.2 Å². The summed E-state index contributed by atoms with van der Waals surface area (Å²) in [5, 5.41) is 15.3. The lowest BCUT2D eigenvalue weighted by atomic mass is 9.97. The summed E-state index contributed by atoms with van der Waals surface area (Å²) in [7, 11) is 0. The number of likely N-dealkylation sites (tertiary alicyclic amines) is 1. The number of nitrogens with zero attached hydrogens (tertiary/aromatic N) is 4. The first-order valence-electron chi connectivity index (χ1n) is 9.68. The largest absolute Gasteiger partial charge is 0.492 e. The van der Waals surface area contributed by atoms with Crippen molar-refractivity contribution in [2.24, 2.45) is 0 Å². The third kappa shape index (κ3) is 3.00. The Morgan fingerprint density at radius 2 is 1.79 bits per heavy atom. The maximum atomic E-state index is 10.9. The van der Waals surface area contributed by atoms with Gasteiger partial charge in [0, 0.05) is 25.9 Å². The number of hydrogen-bond donors (Lipinski definition) is 1. The molecule has 1 aromatic carbocycles. The van der Waals surface area contributed by atoms with Gasteiger partial charge in [0.15, 0.2) is 5.79 Å². The van der Waals surface area contributed by atoms with Crippen molar-refractivity contribution in [2.45, 2.75) is 38.5 Å². The van der Waals surface area contributed by atoms with Crippen molar-refractivity contribution in [3.8, 4) is 5.88 Å². The molecule has 0 unspecified atom stereocenters. The second kappa shape index (κ2) is 6.81. The molecule has 0 bridgehead atoms. The van der Waals surface area contributed by atoms with Gasteiger partial charge in [-0.05, 0) is 19.4 Å². The zero-order valence-corrected chi connectivity index (χ0v) is 16.9. The van der Waals surface area contributed by atoms with Crippen LogP contribution < -0.4 is 0 Å². The summed E-state index contributed by atoms with van der Waals surface area (Å²) in [4.78, 5) is 8.44. The third-order valence-corrected chi connectivity index (χ3v) is 6.76. The Kier molecular flexibility index (Phi) is 4.39. The zero-order valence-electron chi connectivity index (χ0n) is 16.1. The van der Waals surface area contributed by atoms with Crippen molar-refractivity contribution in [1.82, 2.24) is 19.5 Å². The molecule has 0 radical (unpaired) electrons. The van der Waals surface area contributed by atoms with Crippen LogP contribution in [0.2, 0.25) is 0 Å². The van der Waals surface area contributed by atoms with Crippen LogP contribution in [0.5, 0.6) is 5.88 Å². The van der Waals surface area contributed by atoms with Gasteiger partial charge in [0.25, 0.3) is 0 Å². The standard InChI is InChI=1S/C20H24N4O3S/c1-13-3-5-15(6-4-13)16(17-18(25)24-19(28-17)21-14(2)22-24)23-9-7-20(8-10-23)26-11-12-27-20/h3-6,16,25H,7-12H2,1-2H3/t16-/m0/s1. The molecule has 0 amide bonds. The highest BCUT2D eigenvalue weighted by atomic mass is 32.1. The molecule has 2 aliphatic rings. The molecule has 1 spiro atoms. The van der Waals surface area contributed by atoms with Crippen LogP contribution in [-0.4, -0.2) is 56.7 Å². The summed E-state index contributed by atoms with van der Waals surface area (Å²) in [6, 6.07) is 8.49. The quantitative estimate of drug-likeness (QED) is 0.729. The van der Waals surface area contributed by atoms with Gasteiger partial charge in [0.05, 0.1) is 24.1 Å². The monoisotopic (exact) mass is 400 g/mol. The number of aryl methyl sites for hydroxylation is 2. The van der Waals surface area contributed by atoms with Crippen LogP contribution in [0.4, 0.5) is 0 Å². The molecule has 2 aliphatic heterocycles. The van der Waals surface area contributed by atoms with Crippen molar-refractivity contribution < 1.29 is 14.6 Å². The average Bonchev–Trinajstić information content (AvgIpc) is 3.37. The lowest BCUT2D eigenvalue weighted by Gasteiger charge is -2.41. The Bertz CT molecular complexity index is 981. The van der Waals surface area contributed by atoms with Gasteiger partial charge in [0.2, 0.25) is 10.8 Å². The van der Waals surface area contributed by atoms with Crippen LogP contribution in [0.15, 0.2) is 24.3 Å². The molecule has 3 aromatic rings. The highest BCUT2D eigenvalue weighted by Gasteiger charge is 2.42. The van der Waals surface area contributed by atoms with E-state index in [1.807, 2.05) is 6.92 Å². The van der Waals surface area contributed by atoms with Gasteiger partial charge >= 0.3 is 0 Å². The van der Waals surface area contributed by atoms with E-state index in [1.54, 1.807) is 4.52 Å². The zero-order chi connectivity index (χ0) is 19.3. The molecule has 4 heterocycles. The molecule has 1 atom stereocenters. The molecule has 1 N–H and O–H groups in total. The lowest BCUT2D eigenvalue weighted by Crippen LogP contribution is -2.46. The predicted molar refractivity (Wildman–Crippen MR) is 106 cm³/mol. The van der Waals surface area contributed by atoms with Crippen molar-refractivity contribution in [2.75, 3.05) is 26.3 Å². The van der Waals surface area contributed by atoms with E-state index in [-0.39, 0.29) is 11.9 Å². The van der Waals surface area contributed by atoms with Crippen molar-refractivity contribution in [3.05, 3.63) is 46.1 Å². The van der Waals surface area contributed by atoms with E-state index in [0.717, 1.165) is 41.3 Å². The van der Waals surface area contributed by atoms with Crippen molar-refractivity contribution in [3.63, 3.8) is 0 Å². The minimum Gasteiger partial charge on any atom is -0.492 e.